The van der Waals surface area contributed by atoms with Gasteiger partial charge < -0.3 is 4.74 Å². The number of hydrogen-bond donors (Lipinski definition) is 0. The van der Waals surface area contributed by atoms with Crippen LogP contribution in [0.25, 0.3) is 0 Å². The van der Waals surface area contributed by atoms with Crippen molar-refractivity contribution in [3.05, 3.63) is 58.9 Å². The van der Waals surface area contributed by atoms with Crippen LogP contribution < -0.4 is 9.64 Å². The molecule has 0 aliphatic carbocycles. The summed E-state index contributed by atoms with van der Waals surface area (Å²) >= 11 is 6.06. The summed E-state index contributed by atoms with van der Waals surface area (Å²) in [5.74, 6) is -0.692. The minimum atomic E-state index is -0.692. The van der Waals surface area contributed by atoms with Gasteiger partial charge in [-0.15, -0.1) is 0 Å². The van der Waals surface area contributed by atoms with Gasteiger partial charge in [0, 0.05) is 17.1 Å². The first-order chi connectivity index (χ1) is 12.4. The van der Waals surface area contributed by atoms with E-state index in [0.29, 0.717) is 17.0 Å². The summed E-state index contributed by atoms with van der Waals surface area (Å²) in [5.41, 5.74) is 0.706. The number of amides is 2. The first-order valence-electron chi connectivity index (χ1n) is 8.07. The van der Waals surface area contributed by atoms with E-state index >= 15 is 0 Å². The molecule has 0 aromatic heterocycles. The zero-order chi connectivity index (χ0) is 18.8. The van der Waals surface area contributed by atoms with Crippen LogP contribution in [0.3, 0.4) is 0 Å². The van der Waals surface area contributed by atoms with E-state index in [1.165, 1.54) is 19.2 Å². The monoisotopic (exact) mass is 376 g/mol. The Labute approximate surface area is 155 Å². The van der Waals surface area contributed by atoms with E-state index < -0.39 is 11.9 Å². The Morgan fingerprint density at radius 1 is 1.23 bits per heavy atom. The van der Waals surface area contributed by atoms with Crippen molar-refractivity contribution in [1.29, 1.82) is 0 Å². The van der Waals surface area contributed by atoms with Crippen LogP contribution in [0.2, 0.25) is 5.02 Å². The lowest BCUT2D eigenvalue weighted by Crippen LogP contribution is -2.40. The SMILES string of the molecule is COc1ccccc1N1C(=O)C[C@@H](N(C)Cc2c(F)cccc2Cl)C1=O. The summed E-state index contributed by atoms with van der Waals surface area (Å²) in [7, 11) is 3.15. The molecule has 3 rings (SSSR count). The summed E-state index contributed by atoms with van der Waals surface area (Å²) in [4.78, 5) is 28.1. The quantitative estimate of drug-likeness (QED) is 0.752. The summed E-state index contributed by atoms with van der Waals surface area (Å²) in [5, 5.41) is 0.287. The lowest BCUT2D eigenvalue weighted by molar-refractivity contribution is -0.122. The number of carbonyl (C=O) groups excluding carboxylic acids is 2. The number of methoxy groups -OCH3 is 1. The number of imide groups is 1. The third-order valence-corrected chi connectivity index (χ3v) is 4.80. The van der Waals surface area contributed by atoms with Gasteiger partial charge in [-0.3, -0.25) is 14.5 Å². The maximum absolute atomic E-state index is 14.0. The van der Waals surface area contributed by atoms with E-state index in [9.17, 15) is 14.0 Å². The van der Waals surface area contributed by atoms with Crippen molar-refractivity contribution in [3.63, 3.8) is 0 Å². The molecule has 2 aromatic rings. The van der Waals surface area contributed by atoms with Gasteiger partial charge in [0.1, 0.15) is 11.6 Å². The van der Waals surface area contributed by atoms with Crippen molar-refractivity contribution in [3.8, 4) is 5.75 Å². The number of carbonyl (C=O) groups is 2. The van der Waals surface area contributed by atoms with Gasteiger partial charge in [0.25, 0.3) is 5.91 Å². The molecule has 5 nitrogen and oxygen atoms in total. The normalized spacial score (nSPS) is 17.3. The molecule has 0 N–H and O–H groups in total. The minimum absolute atomic E-state index is 0.0133. The third-order valence-electron chi connectivity index (χ3n) is 4.45. The number of benzene rings is 2. The summed E-state index contributed by atoms with van der Waals surface area (Å²) < 4.78 is 19.3. The highest BCUT2D eigenvalue weighted by Gasteiger charge is 2.42. The molecule has 1 atom stereocenters. The van der Waals surface area contributed by atoms with Crippen molar-refractivity contribution in [2.75, 3.05) is 19.1 Å². The molecular formula is C19H18ClFN2O3. The van der Waals surface area contributed by atoms with Crippen LogP contribution in [0, 0.1) is 5.82 Å². The maximum atomic E-state index is 14.0. The van der Waals surface area contributed by atoms with Gasteiger partial charge in [-0.05, 0) is 31.3 Å². The van der Waals surface area contributed by atoms with Crippen LogP contribution in [0.5, 0.6) is 5.75 Å². The Morgan fingerprint density at radius 2 is 1.96 bits per heavy atom. The first kappa shape index (κ1) is 18.4. The molecule has 136 valence electrons. The smallest absolute Gasteiger partial charge is 0.251 e. The fourth-order valence-electron chi connectivity index (χ4n) is 3.07. The molecule has 1 heterocycles. The first-order valence-corrected chi connectivity index (χ1v) is 8.44. The second kappa shape index (κ2) is 7.43. The van der Waals surface area contributed by atoms with E-state index in [2.05, 4.69) is 0 Å². The average Bonchev–Trinajstić information content (AvgIpc) is 2.92. The number of halogens is 2. The largest absolute Gasteiger partial charge is 0.495 e. The maximum Gasteiger partial charge on any atom is 0.251 e. The van der Waals surface area contributed by atoms with Gasteiger partial charge in [0.15, 0.2) is 0 Å². The highest BCUT2D eigenvalue weighted by atomic mass is 35.5. The van der Waals surface area contributed by atoms with Crippen molar-refractivity contribution < 1.29 is 18.7 Å². The molecule has 2 amide bonds. The van der Waals surface area contributed by atoms with Gasteiger partial charge in [-0.2, -0.15) is 0 Å². The van der Waals surface area contributed by atoms with Crippen molar-refractivity contribution >= 4 is 29.1 Å². The van der Waals surface area contributed by atoms with Gasteiger partial charge in [0.2, 0.25) is 5.91 Å². The number of anilines is 1. The molecule has 0 radical (unpaired) electrons. The standard InChI is InChI=1S/C19H18ClFN2O3/c1-22(11-12-13(20)6-5-7-14(12)21)16-10-18(24)23(19(16)25)15-8-3-4-9-17(15)26-2/h3-9,16H,10-11H2,1-2H3/t16-/m1/s1. The van der Waals surface area contributed by atoms with E-state index in [-0.39, 0.29) is 29.8 Å². The Hall–Kier alpha value is -2.44. The molecule has 0 unspecified atom stereocenters. The Kier molecular flexibility index (Phi) is 5.25. The highest BCUT2D eigenvalue weighted by Crippen LogP contribution is 2.33. The number of ether oxygens (including phenoxy) is 1. The molecule has 1 saturated heterocycles. The second-order valence-electron chi connectivity index (χ2n) is 6.07. The van der Waals surface area contributed by atoms with E-state index in [4.69, 9.17) is 16.3 Å². The number of rotatable bonds is 5. The zero-order valence-corrected chi connectivity index (χ0v) is 15.2. The van der Waals surface area contributed by atoms with Crippen LogP contribution in [0.1, 0.15) is 12.0 Å². The van der Waals surface area contributed by atoms with Crippen LogP contribution >= 0.6 is 11.6 Å². The van der Waals surface area contributed by atoms with Crippen LogP contribution in [-0.2, 0) is 16.1 Å². The van der Waals surface area contributed by atoms with Gasteiger partial charge in [-0.25, -0.2) is 9.29 Å². The van der Waals surface area contributed by atoms with Crippen LogP contribution in [0.15, 0.2) is 42.5 Å². The van der Waals surface area contributed by atoms with Gasteiger partial charge in [0.05, 0.1) is 25.3 Å². The minimum Gasteiger partial charge on any atom is -0.495 e. The fraction of sp³-hybridized carbons (Fsp3) is 0.263. The second-order valence-corrected chi connectivity index (χ2v) is 6.48. The molecule has 1 aliphatic rings. The fourth-order valence-corrected chi connectivity index (χ4v) is 3.29. The Morgan fingerprint density at radius 3 is 2.65 bits per heavy atom. The lowest BCUT2D eigenvalue weighted by Gasteiger charge is -2.24. The third kappa shape index (κ3) is 3.30. The lowest BCUT2D eigenvalue weighted by atomic mass is 10.1. The summed E-state index contributed by atoms with van der Waals surface area (Å²) in [6, 6.07) is 10.6. The molecule has 0 saturated carbocycles. The molecule has 1 fully saturated rings. The topological polar surface area (TPSA) is 49.9 Å². The average molecular weight is 377 g/mol. The van der Waals surface area contributed by atoms with Crippen molar-refractivity contribution in [1.82, 2.24) is 4.90 Å². The molecular weight excluding hydrogens is 359 g/mol. The van der Waals surface area contributed by atoms with Crippen molar-refractivity contribution in [2.45, 2.75) is 19.0 Å². The molecule has 0 spiro atoms. The summed E-state index contributed by atoms with van der Waals surface area (Å²) in [6.45, 7) is 0.120. The zero-order valence-electron chi connectivity index (χ0n) is 14.4. The summed E-state index contributed by atoms with van der Waals surface area (Å²) in [6.07, 6.45) is 0.0133. The highest BCUT2D eigenvalue weighted by molar-refractivity contribution is 6.31. The molecule has 7 heteroatoms. The Balaban J connectivity index is 1.84. The number of hydrogen-bond acceptors (Lipinski definition) is 4. The van der Waals surface area contributed by atoms with Gasteiger partial charge >= 0.3 is 0 Å². The number of nitrogens with zero attached hydrogens (tertiary/aromatic N) is 2. The van der Waals surface area contributed by atoms with Gasteiger partial charge in [-0.1, -0.05) is 29.8 Å². The van der Waals surface area contributed by atoms with E-state index in [1.54, 1.807) is 42.3 Å². The van der Waals surface area contributed by atoms with E-state index in [0.717, 1.165) is 4.90 Å². The van der Waals surface area contributed by atoms with Crippen molar-refractivity contribution in [2.24, 2.45) is 0 Å². The number of para-hydroxylation sites is 2. The predicted molar refractivity (Wildman–Crippen MR) is 96.8 cm³/mol. The molecule has 1 aliphatic heterocycles. The van der Waals surface area contributed by atoms with Crippen LogP contribution in [-0.4, -0.2) is 36.9 Å². The Bertz CT molecular complexity index is 838. The molecule has 2 aromatic carbocycles. The predicted octanol–water partition coefficient (Wildman–Crippen LogP) is 3.25. The van der Waals surface area contributed by atoms with E-state index in [1.807, 2.05) is 0 Å². The number of likely N-dealkylation sites (N-methyl/N-ethyl adjacent to an activating group) is 1. The van der Waals surface area contributed by atoms with Crippen LogP contribution in [0.4, 0.5) is 10.1 Å². The molecule has 0 bridgehead atoms. The molecule has 26 heavy (non-hydrogen) atoms.